The fraction of sp³-hybridized carbons (Fsp3) is 0.385. The summed E-state index contributed by atoms with van der Waals surface area (Å²) >= 11 is 10.1. The van der Waals surface area contributed by atoms with Gasteiger partial charge in [0.2, 0.25) is 5.91 Å². The maximum absolute atomic E-state index is 12.0. The summed E-state index contributed by atoms with van der Waals surface area (Å²) in [5.74, 6) is 0.340. The zero-order chi connectivity index (χ0) is 14.0. The van der Waals surface area contributed by atoms with Gasteiger partial charge in [-0.25, -0.2) is 4.79 Å². The number of amides is 1. The molecule has 0 spiro atoms. The lowest BCUT2D eigenvalue weighted by Crippen LogP contribution is -2.26. The minimum Gasteiger partial charge on any atom is -0.465 e. The van der Waals surface area contributed by atoms with Gasteiger partial charge in [0, 0.05) is 18.0 Å². The Morgan fingerprint density at radius 2 is 2.32 bits per heavy atom. The molecule has 0 aromatic heterocycles. The first-order valence-corrected chi connectivity index (χ1v) is 6.87. The van der Waals surface area contributed by atoms with Crippen LogP contribution < -0.4 is 4.90 Å². The molecule has 1 aliphatic heterocycles. The molecule has 1 heterocycles. The first kappa shape index (κ1) is 14.2. The lowest BCUT2D eigenvalue weighted by atomic mass is 10.1. The maximum atomic E-state index is 12.0. The average molecular weight is 300 g/mol. The summed E-state index contributed by atoms with van der Waals surface area (Å²) in [6.07, 6.45) is 0.451. The van der Waals surface area contributed by atoms with Crippen molar-refractivity contribution in [2.75, 3.05) is 24.3 Å². The van der Waals surface area contributed by atoms with Gasteiger partial charge >= 0.3 is 5.97 Å². The fourth-order valence-electron chi connectivity index (χ4n) is 2.15. The summed E-state index contributed by atoms with van der Waals surface area (Å²) in [6, 6.07) is 4.85. The van der Waals surface area contributed by atoms with Crippen LogP contribution in [0.1, 0.15) is 16.8 Å². The smallest absolute Gasteiger partial charge is 0.340 e. The van der Waals surface area contributed by atoms with Gasteiger partial charge < -0.3 is 9.64 Å². The van der Waals surface area contributed by atoms with E-state index < -0.39 is 5.97 Å². The van der Waals surface area contributed by atoms with E-state index in [-0.39, 0.29) is 11.8 Å². The molecular weight excluding hydrogens is 286 g/mol. The van der Waals surface area contributed by atoms with E-state index in [1.54, 1.807) is 17.0 Å². The van der Waals surface area contributed by atoms with Crippen LogP contribution in [-0.4, -0.2) is 31.3 Å². The molecule has 1 aliphatic rings. The molecule has 19 heavy (non-hydrogen) atoms. The van der Waals surface area contributed by atoms with E-state index in [2.05, 4.69) is 12.6 Å². The topological polar surface area (TPSA) is 46.6 Å². The molecule has 0 radical (unpaired) electrons. The summed E-state index contributed by atoms with van der Waals surface area (Å²) in [5, 5.41) is 0.432. The third kappa shape index (κ3) is 2.87. The van der Waals surface area contributed by atoms with Gasteiger partial charge in [-0.3, -0.25) is 4.79 Å². The van der Waals surface area contributed by atoms with E-state index in [0.29, 0.717) is 35.0 Å². The quantitative estimate of drug-likeness (QED) is 0.689. The van der Waals surface area contributed by atoms with Gasteiger partial charge in [-0.15, -0.1) is 0 Å². The number of benzene rings is 1. The normalized spacial score (nSPS) is 18.8. The Labute approximate surface area is 122 Å². The number of esters is 1. The molecule has 102 valence electrons. The van der Waals surface area contributed by atoms with Crippen LogP contribution in [0.4, 0.5) is 5.69 Å². The van der Waals surface area contributed by atoms with E-state index in [4.69, 9.17) is 16.3 Å². The summed E-state index contributed by atoms with van der Waals surface area (Å²) in [7, 11) is 1.30. The predicted molar refractivity (Wildman–Crippen MR) is 77.1 cm³/mol. The first-order valence-electron chi connectivity index (χ1n) is 5.86. The second-order valence-corrected chi connectivity index (χ2v) is 5.21. The SMILES string of the molecule is COC(=O)c1cc(Cl)ccc1N1CC(CS)CC1=O. The highest BCUT2D eigenvalue weighted by Gasteiger charge is 2.32. The Bertz CT molecular complexity index is 521. The monoisotopic (exact) mass is 299 g/mol. The van der Waals surface area contributed by atoms with Crippen LogP contribution in [-0.2, 0) is 9.53 Å². The maximum Gasteiger partial charge on any atom is 0.340 e. The molecule has 6 heteroatoms. The Balaban J connectivity index is 2.39. The molecule has 1 saturated heterocycles. The predicted octanol–water partition coefficient (Wildman–Crippen LogP) is 2.41. The van der Waals surface area contributed by atoms with Crippen LogP contribution >= 0.6 is 24.2 Å². The number of ether oxygens (including phenoxy) is 1. The van der Waals surface area contributed by atoms with Crippen LogP contribution in [0.25, 0.3) is 0 Å². The molecule has 1 aromatic rings. The highest BCUT2D eigenvalue weighted by molar-refractivity contribution is 7.80. The molecule has 1 amide bonds. The van der Waals surface area contributed by atoms with Crippen molar-refractivity contribution in [2.24, 2.45) is 5.92 Å². The average Bonchev–Trinajstić information content (AvgIpc) is 2.79. The lowest BCUT2D eigenvalue weighted by Gasteiger charge is -2.19. The van der Waals surface area contributed by atoms with Gasteiger partial charge in [0.25, 0.3) is 0 Å². The Kier molecular flexibility index (Phi) is 4.37. The molecular formula is C13H14ClNO3S. The Hall–Kier alpha value is -1.20. The van der Waals surface area contributed by atoms with E-state index >= 15 is 0 Å². The zero-order valence-corrected chi connectivity index (χ0v) is 12.1. The van der Waals surface area contributed by atoms with Gasteiger partial charge in [0.15, 0.2) is 0 Å². The van der Waals surface area contributed by atoms with Crippen LogP contribution in [0.5, 0.6) is 0 Å². The van der Waals surface area contributed by atoms with Crippen LogP contribution in [0.3, 0.4) is 0 Å². The minimum absolute atomic E-state index is 0.00785. The van der Waals surface area contributed by atoms with E-state index in [1.807, 2.05) is 0 Å². The molecule has 0 aliphatic carbocycles. The minimum atomic E-state index is -0.500. The molecule has 1 unspecified atom stereocenters. The second kappa shape index (κ2) is 5.84. The van der Waals surface area contributed by atoms with Crippen molar-refractivity contribution in [1.82, 2.24) is 0 Å². The largest absolute Gasteiger partial charge is 0.465 e. The van der Waals surface area contributed by atoms with Gasteiger partial charge in [0.05, 0.1) is 18.4 Å². The van der Waals surface area contributed by atoms with Gasteiger partial charge in [-0.05, 0) is 29.9 Å². The third-order valence-corrected chi connectivity index (χ3v) is 3.87. The zero-order valence-electron chi connectivity index (χ0n) is 10.4. The molecule has 1 atom stereocenters. The van der Waals surface area contributed by atoms with E-state index in [1.165, 1.54) is 13.2 Å². The molecule has 1 aromatic carbocycles. The number of hydrogen-bond donors (Lipinski definition) is 1. The van der Waals surface area contributed by atoms with E-state index in [9.17, 15) is 9.59 Å². The van der Waals surface area contributed by atoms with Gasteiger partial charge in [-0.2, -0.15) is 12.6 Å². The lowest BCUT2D eigenvalue weighted by molar-refractivity contribution is -0.117. The number of halogens is 1. The summed E-state index contributed by atoms with van der Waals surface area (Å²) in [6.45, 7) is 0.563. The number of thiol groups is 1. The van der Waals surface area contributed by atoms with Crippen molar-refractivity contribution in [3.63, 3.8) is 0 Å². The Morgan fingerprint density at radius 3 is 2.89 bits per heavy atom. The first-order chi connectivity index (χ1) is 9.06. The molecule has 0 N–H and O–H groups in total. The highest BCUT2D eigenvalue weighted by atomic mass is 35.5. The number of nitrogens with zero attached hydrogens (tertiary/aromatic N) is 1. The second-order valence-electron chi connectivity index (χ2n) is 4.41. The number of methoxy groups -OCH3 is 1. The number of anilines is 1. The number of carbonyl (C=O) groups is 2. The third-order valence-electron chi connectivity index (χ3n) is 3.12. The van der Waals surface area contributed by atoms with Crippen LogP contribution in [0.2, 0.25) is 5.02 Å². The molecule has 0 bridgehead atoms. The molecule has 0 saturated carbocycles. The van der Waals surface area contributed by atoms with Crippen molar-refractivity contribution in [2.45, 2.75) is 6.42 Å². The summed E-state index contributed by atoms with van der Waals surface area (Å²) in [4.78, 5) is 25.4. The van der Waals surface area contributed by atoms with Crippen molar-refractivity contribution in [3.8, 4) is 0 Å². The van der Waals surface area contributed by atoms with Gasteiger partial charge in [0.1, 0.15) is 0 Å². The highest BCUT2D eigenvalue weighted by Crippen LogP contribution is 2.30. The number of carbonyl (C=O) groups excluding carboxylic acids is 2. The fourth-order valence-corrected chi connectivity index (χ4v) is 2.57. The number of hydrogen-bond acceptors (Lipinski definition) is 4. The van der Waals surface area contributed by atoms with Crippen molar-refractivity contribution in [1.29, 1.82) is 0 Å². The van der Waals surface area contributed by atoms with Crippen molar-refractivity contribution in [3.05, 3.63) is 28.8 Å². The summed E-state index contributed by atoms with van der Waals surface area (Å²) < 4.78 is 4.73. The van der Waals surface area contributed by atoms with Crippen molar-refractivity contribution >= 4 is 41.8 Å². The van der Waals surface area contributed by atoms with Gasteiger partial charge in [-0.1, -0.05) is 11.6 Å². The Morgan fingerprint density at radius 1 is 1.58 bits per heavy atom. The molecule has 1 fully saturated rings. The molecule has 2 rings (SSSR count). The van der Waals surface area contributed by atoms with Crippen LogP contribution in [0, 0.1) is 5.92 Å². The number of rotatable bonds is 3. The summed E-state index contributed by atoms with van der Waals surface area (Å²) in [5.41, 5.74) is 0.855. The van der Waals surface area contributed by atoms with Crippen LogP contribution in [0.15, 0.2) is 18.2 Å². The van der Waals surface area contributed by atoms with E-state index in [0.717, 1.165) is 0 Å². The standard InChI is InChI=1S/C13H14ClNO3S/c1-18-13(17)10-5-9(14)2-3-11(10)15-6-8(7-19)4-12(15)16/h2-3,5,8,19H,4,6-7H2,1H3. The van der Waals surface area contributed by atoms with Crippen molar-refractivity contribution < 1.29 is 14.3 Å². The molecule has 4 nitrogen and oxygen atoms in total.